The zero-order valence-electron chi connectivity index (χ0n) is 23.8. The van der Waals surface area contributed by atoms with Gasteiger partial charge in [0.1, 0.15) is 5.75 Å². The quantitative estimate of drug-likeness (QED) is 0.175. The van der Waals surface area contributed by atoms with Gasteiger partial charge in [-0.25, -0.2) is 14.1 Å². The molecule has 7 nitrogen and oxygen atoms in total. The number of alkyl halides is 4. The Kier molecular flexibility index (Phi) is 9.01. The van der Waals surface area contributed by atoms with Gasteiger partial charge in [-0.15, -0.1) is 0 Å². The number of anilines is 1. The van der Waals surface area contributed by atoms with Gasteiger partial charge in [-0.3, -0.25) is 13.9 Å². The molecular weight excluding hydrogens is 589 g/mol. The lowest BCUT2D eigenvalue weighted by atomic mass is 9.88. The molecule has 1 heterocycles. The molecule has 1 unspecified atom stereocenters. The van der Waals surface area contributed by atoms with E-state index in [0.717, 1.165) is 12.1 Å². The number of benzene rings is 2. The summed E-state index contributed by atoms with van der Waals surface area (Å²) in [6.07, 6.45) is -6.07. The Morgan fingerprint density at radius 2 is 1.56 bits per heavy atom. The Hall–Kier alpha value is -2.62. The lowest BCUT2D eigenvalue weighted by molar-refractivity contribution is -0.137. The van der Waals surface area contributed by atoms with Crippen molar-refractivity contribution in [3.05, 3.63) is 58.1 Å². The van der Waals surface area contributed by atoms with E-state index in [9.17, 15) is 27.3 Å². The number of nitrogens with zero attached hydrogens (tertiary/aromatic N) is 1. The maximum atomic E-state index is 16.9. The molecule has 0 spiro atoms. The number of fused-ring (bicyclic) bond motifs is 1. The van der Waals surface area contributed by atoms with Crippen LogP contribution in [0.3, 0.4) is 0 Å². The number of imide groups is 1. The summed E-state index contributed by atoms with van der Waals surface area (Å²) in [6.45, 7) is 10.3. The SMILES string of the molecule is COc1ccc(Cl)cc1C1(F)C(=O)N(C(=O)OCOP(=O)(CC(C)(C)C)CC(C)(C)C)c2cc(C(F)(F)F)ccc21. The lowest BCUT2D eigenvalue weighted by Gasteiger charge is -2.31. The van der Waals surface area contributed by atoms with Gasteiger partial charge in [0.15, 0.2) is 0 Å². The number of amides is 2. The summed E-state index contributed by atoms with van der Waals surface area (Å²) in [7, 11) is -2.18. The second kappa shape index (κ2) is 11.2. The predicted molar refractivity (Wildman–Crippen MR) is 148 cm³/mol. The maximum Gasteiger partial charge on any atom is 0.423 e. The number of methoxy groups -OCH3 is 1. The molecule has 1 atom stereocenters. The van der Waals surface area contributed by atoms with Gasteiger partial charge in [0.05, 0.1) is 18.4 Å². The molecule has 0 N–H and O–H groups in total. The first-order valence-electron chi connectivity index (χ1n) is 12.6. The highest BCUT2D eigenvalue weighted by Crippen LogP contribution is 2.55. The molecule has 1 aliphatic heterocycles. The van der Waals surface area contributed by atoms with Crippen molar-refractivity contribution in [2.45, 2.75) is 53.4 Å². The van der Waals surface area contributed by atoms with Crippen molar-refractivity contribution in [2.24, 2.45) is 10.8 Å². The lowest BCUT2D eigenvalue weighted by Crippen LogP contribution is -2.42. The van der Waals surface area contributed by atoms with Crippen molar-refractivity contribution in [3.8, 4) is 5.75 Å². The summed E-state index contributed by atoms with van der Waals surface area (Å²) in [6, 6.07) is 5.61. The topological polar surface area (TPSA) is 82.1 Å². The van der Waals surface area contributed by atoms with Gasteiger partial charge in [-0.05, 0) is 41.2 Å². The molecule has 0 radical (unpaired) electrons. The molecule has 0 saturated heterocycles. The van der Waals surface area contributed by atoms with E-state index < -0.39 is 71.2 Å². The van der Waals surface area contributed by atoms with Crippen molar-refractivity contribution in [1.29, 1.82) is 0 Å². The maximum absolute atomic E-state index is 16.9. The Balaban J connectivity index is 2.02. The third-order valence-electron chi connectivity index (χ3n) is 6.05. The van der Waals surface area contributed by atoms with Crippen LogP contribution < -0.4 is 9.64 Å². The summed E-state index contributed by atoms with van der Waals surface area (Å²) in [4.78, 5) is 26.9. The summed E-state index contributed by atoms with van der Waals surface area (Å²) in [5, 5.41) is 0.0157. The van der Waals surface area contributed by atoms with Crippen molar-refractivity contribution in [1.82, 2.24) is 0 Å². The fourth-order valence-electron chi connectivity index (χ4n) is 4.78. The number of carbonyl (C=O) groups excluding carboxylic acids is 2. The van der Waals surface area contributed by atoms with Gasteiger partial charge < -0.3 is 9.47 Å². The van der Waals surface area contributed by atoms with Gasteiger partial charge in [0.25, 0.3) is 5.91 Å². The predicted octanol–water partition coefficient (Wildman–Crippen LogP) is 8.41. The van der Waals surface area contributed by atoms with Crippen LogP contribution in [0.5, 0.6) is 5.75 Å². The Morgan fingerprint density at radius 1 is 0.976 bits per heavy atom. The van der Waals surface area contributed by atoms with E-state index in [2.05, 4.69) is 0 Å². The van der Waals surface area contributed by atoms with Crippen LogP contribution in [0, 0.1) is 10.8 Å². The normalized spacial score (nSPS) is 18.0. The summed E-state index contributed by atoms with van der Waals surface area (Å²) >= 11 is 6.05. The van der Waals surface area contributed by atoms with Crippen LogP contribution in [0.1, 0.15) is 58.2 Å². The van der Waals surface area contributed by atoms with E-state index >= 15 is 4.39 Å². The van der Waals surface area contributed by atoms with Crippen molar-refractivity contribution >= 4 is 36.7 Å². The van der Waals surface area contributed by atoms with Gasteiger partial charge in [-0.1, -0.05) is 59.2 Å². The molecule has 0 aromatic heterocycles. The third kappa shape index (κ3) is 7.24. The molecule has 2 aromatic rings. The molecule has 2 aromatic carbocycles. The Morgan fingerprint density at radius 3 is 2.07 bits per heavy atom. The third-order valence-corrected chi connectivity index (χ3v) is 9.72. The van der Waals surface area contributed by atoms with Crippen LogP contribution in [-0.4, -0.2) is 38.2 Å². The molecule has 0 bridgehead atoms. The van der Waals surface area contributed by atoms with E-state index in [-0.39, 0.29) is 28.0 Å². The molecule has 3 rings (SSSR count). The molecule has 13 heteroatoms. The number of carbonyl (C=O) groups is 2. The zero-order chi connectivity index (χ0) is 31.2. The minimum absolute atomic E-state index is 0.0157. The number of hydrogen-bond donors (Lipinski definition) is 0. The van der Waals surface area contributed by atoms with Crippen molar-refractivity contribution in [2.75, 3.05) is 31.1 Å². The zero-order valence-corrected chi connectivity index (χ0v) is 25.5. The highest BCUT2D eigenvalue weighted by molar-refractivity contribution is 7.59. The van der Waals surface area contributed by atoms with E-state index in [1.165, 1.54) is 19.2 Å². The van der Waals surface area contributed by atoms with Gasteiger partial charge in [0.2, 0.25) is 19.8 Å². The molecule has 1 aliphatic rings. The summed E-state index contributed by atoms with van der Waals surface area (Å²) < 4.78 is 87.1. The second-order valence-electron chi connectivity index (χ2n) is 12.3. The second-order valence-corrected chi connectivity index (χ2v) is 15.2. The Bertz CT molecular complexity index is 1370. The number of ether oxygens (including phenoxy) is 2. The minimum Gasteiger partial charge on any atom is -0.496 e. The number of halogens is 5. The van der Waals surface area contributed by atoms with E-state index in [0.29, 0.717) is 12.1 Å². The molecule has 0 saturated carbocycles. The average molecular weight is 622 g/mol. The summed E-state index contributed by atoms with van der Waals surface area (Å²) in [5.41, 5.74) is -6.82. The first-order chi connectivity index (χ1) is 18.6. The molecule has 2 amide bonds. The van der Waals surface area contributed by atoms with Gasteiger partial charge in [0, 0.05) is 28.5 Å². The highest BCUT2D eigenvalue weighted by atomic mass is 35.5. The molecule has 226 valence electrons. The Labute approximate surface area is 241 Å². The number of hydrogen-bond acceptors (Lipinski definition) is 6. The van der Waals surface area contributed by atoms with E-state index in [1.807, 2.05) is 41.5 Å². The standard InChI is InChI=1S/C28H33ClF4NO6P/c1-25(2,3)14-41(37,15-26(4,5)6)40-16-39-24(36)34-21-12-17(28(31,32)33)8-10-19(21)27(30,23(34)35)20-13-18(29)9-11-22(20)38-7/h8-13H,14-16H2,1-7H3. The summed E-state index contributed by atoms with van der Waals surface area (Å²) in [5.74, 6) is -1.66. The van der Waals surface area contributed by atoms with Crippen LogP contribution in [0.4, 0.5) is 28.0 Å². The largest absolute Gasteiger partial charge is 0.496 e. The molecule has 0 fully saturated rings. The van der Waals surface area contributed by atoms with Gasteiger partial charge >= 0.3 is 12.3 Å². The van der Waals surface area contributed by atoms with Crippen LogP contribution >= 0.6 is 19.0 Å². The van der Waals surface area contributed by atoms with Crippen LogP contribution in [0.25, 0.3) is 0 Å². The van der Waals surface area contributed by atoms with E-state index in [1.54, 1.807) is 0 Å². The van der Waals surface area contributed by atoms with E-state index in [4.69, 9.17) is 25.6 Å². The monoisotopic (exact) mass is 621 g/mol. The van der Waals surface area contributed by atoms with Gasteiger partial charge in [-0.2, -0.15) is 13.2 Å². The average Bonchev–Trinajstić information content (AvgIpc) is 3.02. The number of rotatable bonds is 7. The van der Waals surface area contributed by atoms with Crippen LogP contribution in [0.15, 0.2) is 36.4 Å². The molecule has 41 heavy (non-hydrogen) atoms. The highest BCUT2D eigenvalue weighted by Gasteiger charge is 2.57. The smallest absolute Gasteiger partial charge is 0.423 e. The molecular formula is C28H33ClF4NO6P. The minimum atomic E-state index is -4.86. The molecule has 0 aliphatic carbocycles. The van der Waals surface area contributed by atoms with Crippen LogP contribution in [0.2, 0.25) is 5.02 Å². The van der Waals surface area contributed by atoms with Crippen molar-refractivity contribution in [3.63, 3.8) is 0 Å². The first kappa shape index (κ1) is 32.9. The fourth-order valence-corrected chi connectivity index (χ4v) is 8.39. The fraction of sp³-hybridized carbons (Fsp3) is 0.500. The van der Waals surface area contributed by atoms with Crippen molar-refractivity contribution < 1.29 is 45.7 Å². The van der Waals surface area contributed by atoms with Crippen LogP contribution in [-0.2, 0) is 30.5 Å². The first-order valence-corrected chi connectivity index (χ1v) is 15.0.